The van der Waals surface area contributed by atoms with E-state index in [9.17, 15) is 14.4 Å². The fraction of sp³-hybridized carbons (Fsp3) is 0.444. The quantitative estimate of drug-likeness (QED) is 0.644. The van der Waals surface area contributed by atoms with Gasteiger partial charge in [-0.15, -0.1) is 0 Å². The van der Waals surface area contributed by atoms with Crippen LogP contribution in [0.3, 0.4) is 0 Å². The van der Waals surface area contributed by atoms with Crippen LogP contribution < -0.4 is 5.32 Å². The number of hydrogen-bond acceptors (Lipinski definition) is 4. The summed E-state index contributed by atoms with van der Waals surface area (Å²) >= 11 is 0. The highest BCUT2D eigenvalue weighted by molar-refractivity contribution is 5.93. The molecule has 7 nitrogen and oxygen atoms in total. The monoisotopic (exact) mass is 462 g/mol. The number of alkyl carbamates (subject to hydrolysis) is 1. The van der Waals surface area contributed by atoms with Crippen LogP contribution in [0.25, 0.3) is 11.1 Å². The minimum absolute atomic E-state index is 0.0196. The molecule has 3 aliphatic rings. The third-order valence-electron chi connectivity index (χ3n) is 7.51. The Kier molecular flexibility index (Phi) is 6.02. The molecule has 7 heteroatoms. The van der Waals surface area contributed by atoms with Crippen molar-refractivity contribution in [2.75, 3.05) is 19.7 Å². The van der Waals surface area contributed by atoms with E-state index in [4.69, 9.17) is 9.84 Å². The second-order valence-corrected chi connectivity index (χ2v) is 9.70. The van der Waals surface area contributed by atoms with Gasteiger partial charge in [-0.2, -0.15) is 0 Å². The van der Waals surface area contributed by atoms with Crippen molar-refractivity contribution in [1.29, 1.82) is 0 Å². The van der Waals surface area contributed by atoms with E-state index in [1.807, 2.05) is 29.2 Å². The summed E-state index contributed by atoms with van der Waals surface area (Å²) < 4.78 is 5.65. The average molecular weight is 463 g/mol. The molecule has 0 atom stereocenters. The molecule has 1 saturated heterocycles. The van der Waals surface area contributed by atoms with Gasteiger partial charge in [-0.25, -0.2) is 4.79 Å². The predicted molar refractivity (Wildman–Crippen MR) is 126 cm³/mol. The Labute approximate surface area is 199 Å². The Morgan fingerprint density at radius 1 is 0.971 bits per heavy atom. The van der Waals surface area contributed by atoms with Gasteiger partial charge in [-0.3, -0.25) is 9.59 Å². The summed E-state index contributed by atoms with van der Waals surface area (Å²) in [5, 5.41) is 11.7. The number of likely N-dealkylation sites (tertiary alicyclic amines) is 1. The SMILES string of the molecule is O=C(O)CCC1CCN(C(=O)C2(NC(=O)OCC3c4ccccc4-c4ccccc43)CC2)CC1. The molecule has 0 unspecified atom stereocenters. The molecule has 2 aromatic carbocycles. The highest BCUT2D eigenvalue weighted by atomic mass is 16.5. The summed E-state index contributed by atoms with van der Waals surface area (Å²) in [5.41, 5.74) is 3.80. The van der Waals surface area contributed by atoms with Crippen LogP contribution in [0.1, 0.15) is 55.6 Å². The van der Waals surface area contributed by atoms with E-state index in [2.05, 4.69) is 29.6 Å². The van der Waals surface area contributed by atoms with E-state index in [-0.39, 0.29) is 24.9 Å². The number of carbonyl (C=O) groups excluding carboxylic acids is 2. The van der Waals surface area contributed by atoms with Gasteiger partial charge in [-0.05, 0) is 60.3 Å². The molecule has 1 heterocycles. The molecule has 0 aromatic heterocycles. The van der Waals surface area contributed by atoms with Gasteiger partial charge in [0.15, 0.2) is 0 Å². The van der Waals surface area contributed by atoms with Crippen LogP contribution >= 0.6 is 0 Å². The first-order valence-corrected chi connectivity index (χ1v) is 12.1. The number of piperidine rings is 1. The minimum Gasteiger partial charge on any atom is -0.481 e. The fourth-order valence-corrected chi connectivity index (χ4v) is 5.40. The lowest BCUT2D eigenvalue weighted by atomic mass is 9.92. The highest BCUT2D eigenvalue weighted by Crippen LogP contribution is 2.44. The number of benzene rings is 2. The summed E-state index contributed by atoms with van der Waals surface area (Å²) in [5.74, 6) is -0.500. The van der Waals surface area contributed by atoms with Crippen molar-refractivity contribution in [3.05, 3.63) is 59.7 Å². The number of hydrogen-bond donors (Lipinski definition) is 2. The first-order chi connectivity index (χ1) is 16.5. The molecule has 34 heavy (non-hydrogen) atoms. The van der Waals surface area contributed by atoms with Crippen molar-refractivity contribution in [3.63, 3.8) is 0 Å². The van der Waals surface area contributed by atoms with Gasteiger partial charge in [0.1, 0.15) is 12.1 Å². The average Bonchev–Trinajstić information content (AvgIpc) is 3.56. The zero-order valence-electron chi connectivity index (χ0n) is 19.2. The molecule has 1 aliphatic heterocycles. The van der Waals surface area contributed by atoms with Gasteiger partial charge in [0, 0.05) is 25.4 Å². The van der Waals surface area contributed by atoms with Gasteiger partial charge in [0.2, 0.25) is 5.91 Å². The minimum atomic E-state index is -0.851. The highest BCUT2D eigenvalue weighted by Gasteiger charge is 2.53. The number of nitrogens with zero attached hydrogens (tertiary/aromatic N) is 1. The molecule has 0 radical (unpaired) electrons. The Hall–Kier alpha value is -3.35. The van der Waals surface area contributed by atoms with Crippen LogP contribution in [0.15, 0.2) is 48.5 Å². The number of amides is 2. The second kappa shape index (κ2) is 9.12. The third kappa shape index (κ3) is 4.39. The lowest BCUT2D eigenvalue weighted by Crippen LogP contribution is -2.52. The van der Waals surface area contributed by atoms with Crippen LogP contribution in [0.2, 0.25) is 0 Å². The normalized spacial score (nSPS) is 18.6. The standard InChI is InChI=1S/C27H30N2O5/c30-24(31)10-9-18-11-15-29(16-12-18)25(32)27(13-14-27)28-26(33)34-17-23-21-7-3-1-5-19(21)20-6-2-4-8-22(20)23/h1-8,18,23H,9-17H2,(H,28,33)(H,30,31). The van der Waals surface area contributed by atoms with Crippen LogP contribution in [0.4, 0.5) is 4.79 Å². The first kappa shape index (κ1) is 22.4. The number of carbonyl (C=O) groups is 3. The Morgan fingerprint density at radius 2 is 1.56 bits per heavy atom. The molecule has 2 amide bonds. The summed E-state index contributed by atoms with van der Waals surface area (Å²) in [6.07, 6.45) is 3.13. The molecular formula is C27H30N2O5. The van der Waals surface area contributed by atoms with E-state index in [0.29, 0.717) is 38.3 Å². The number of aliphatic carboxylic acids is 1. The summed E-state index contributed by atoms with van der Waals surface area (Å²) in [6.45, 7) is 1.44. The molecular weight excluding hydrogens is 432 g/mol. The van der Waals surface area contributed by atoms with E-state index in [1.165, 1.54) is 11.1 Å². The van der Waals surface area contributed by atoms with Gasteiger partial charge in [0.05, 0.1) is 0 Å². The summed E-state index contributed by atoms with van der Waals surface area (Å²) in [7, 11) is 0. The van der Waals surface area contributed by atoms with E-state index >= 15 is 0 Å². The van der Waals surface area contributed by atoms with Gasteiger partial charge in [-0.1, -0.05) is 48.5 Å². The molecule has 2 fully saturated rings. The number of rotatable bonds is 7. The molecule has 2 aromatic rings. The maximum absolute atomic E-state index is 13.1. The molecule has 0 spiro atoms. The Bertz CT molecular complexity index is 1060. The largest absolute Gasteiger partial charge is 0.481 e. The summed E-state index contributed by atoms with van der Waals surface area (Å²) in [6, 6.07) is 16.4. The zero-order valence-corrected chi connectivity index (χ0v) is 19.2. The van der Waals surface area contributed by atoms with Crippen LogP contribution in [0, 0.1) is 5.92 Å². The topological polar surface area (TPSA) is 95.9 Å². The molecule has 2 aliphatic carbocycles. The molecule has 0 bridgehead atoms. The van der Waals surface area contributed by atoms with Crippen molar-refractivity contribution in [3.8, 4) is 11.1 Å². The van der Waals surface area contributed by atoms with Crippen LogP contribution in [-0.4, -0.2) is 53.2 Å². The van der Waals surface area contributed by atoms with Crippen molar-refractivity contribution in [1.82, 2.24) is 10.2 Å². The molecule has 5 rings (SSSR count). The van der Waals surface area contributed by atoms with Crippen molar-refractivity contribution in [2.24, 2.45) is 5.92 Å². The fourth-order valence-electron chi connectivity index (χ4n) is 5.40. The number of nitrogens with one attached hydrogen (secondary N) is 1. The van der Waals surface area contributed by atoms with Crippen LogP contribution in [0.5, 0.6) is 0 Å². The Morgan fingerprint density at radius 3 is 2.12 bits per heavy atom. The van der Waals surface area contributed by atoms with Crippen LogP contribution in [-0.2, 0) is 14.3 Å². The lowest BCUT2D eigenvalue weighted by Gasteiger charge is -2.34. The first-order valence-electron chi connectivity index (χ1n) is 12.1. The van der Waals surface area contributed by atoms with Crippen molar-refractivity contribution >= 4 is 18.0 Å². The van der Waals surface area contributed by atoms with E-state index < -0.39 is 17.6 Å². The number of carboxylic acid groups (broad SMARTS) is 1. The smallest absolute Gasteiger partial charge is 0.408 e. The second-order valence-electron chi connectivity index (χ2n) is 9.70. The lowest BCUT2D eigenvalue weighted by molar-refractivity contribution is -0.138. The van der Waals surface area contributed by atoms with Gasteiger partial charge >= 0.3 is 12.1 Å². The third-order valence-corrected chi connectivity index (χ3v) is 7.51. The van der Waals surface area contributed by atoms with E-state index in [0.717, 1.165) is 24.0 Å². The number of ether oxygens (including phenoxy) is 1. The zero-order chi connectivity index (χ0) is 23.7. The maximum Gasteiger partial charge on any atom is 0.408 e. The molecule has 2 N–H and O–H groups in total. The number of fused-ring (bicyclic) bond motifs is 3. The van der Waals surface area contributed by atoms with Gasteiger partial charge in [0.25, 0.3) is 0 Å². The Balaban J connectivity index is 1.16. The molecule has 178 valence electrons. The van der Waals surface area contributed by atoms with E-state index in [1.54, 1.807) is 0 Å². The summed E-state index contributed by atoms with van der Waals surface area (Å²) in [4.78, 5) is 38.5. The van der Waals surface area contributed by atoms with Gasteiger partial charge < -0.3 is 20.1 Å². The van der Waals surface area contributed by atoms with Crippen molar-refractivity contribution in [2.45, 2.75) is 50.0 Å². The number of carboxylic acids is 1. The predicted octanol–water partition coefficient (Wildman–Crippen LogP) is 4.16. The van der Waals surface area contributed by atoms with Crippen molar-refractivity contribution < 1.29 is 24.2 Å². The maximum atomic E-state index is 13.1. The molecule has 1 saturated carbocycles.